The molecule has 0 saturated carbocycles. The third kappa shape index (κ3) is 7.94. The van der Waals surface area contributed by atoms with E-state index in [4.69, 9.17) is 14.2 Å². The van der Waals surface area contributed by atoms with Crippen molar-refractivity contribution in [3.8, 4) is 17.2 Å². The van der Waals surface area contributed by atoms with Gasteiger partial charge in [-0.25, -0.2) is 9.59 Å². The van der Waals surface area contributed by atoms with Crippen LogP contribution in [-0.4, -0.2) is 45.3 Å². The van der Waals surface area contributed by atoms with Gasteiger partial charge < -0.3 is 24.3 Å². The highest BCUT2D eigenvalue weighted by molar-refractivity contribution is 6.02. The van der Waals surface area contributed by atoms with Crippen molar-refractivity contribution >= 4 is 29.7 Å². The van der Waals surface area contributed by atoms with Crippen molar-refractivity contribution in [1.29, 1.82) is 0 Å². The number of benzene rings is 2. The van der Waals surface area contributed by atoms with E-state index in [1.807, 2.05) is 5.32 Å². The van der Waals surface area contributed by atoms with Gasteiger partial charge in [0.05, 0.1) is 14.2 Å². The summed E-state index contributed by atoms with van der Waals surface area (Å²) in [5.74, 6) is -1.21. The van der Waals surface area contributed by atoms with Crippen molar-refractivity contribution in [3.05, 3.63) is 54.1 Å². The van der Waals surface area contributed by atoms with E-state index in [0.717, 1.165) is 6.08 Å². The van der Waals surface area contributed by atoms with Gasteiger partial charge in [-0.2, -0.15) is 8.78 Å². The Hall–Kier alpha value is -4.15. The van der Waals surface area contributed by atoms with Crippen LogP contribution in [-0.2, 0) is 14.3 Å². The standard InChI is InChI=1S/C21H20F2N2O7/c1-29-15-7-5-14(6-8-15)24-21(28)25-18(26)12-31-19(27)10-4-13-3-9-16(32-20(22)23)17(11-13)30-2/h3-11,20H,12H2,1-2H3,(H2,24,25,26,28)/b10-4+. The smallest absolute Gasteiger partial charge is 0.387 e. The van der Waals surface area contributed by atoms with Gasteiger partial charge in [-0.15, -0.1) is 0 Å². The molecule has 0 fully saturated rings. The number of urea groups is 1. The van der Waals surface area contributed by atoms with E-state index in [0.29, 0.717) is 17.0 Å². The number of anilines is 1. The second-order valence-corrected chi connectivity index (χ2v) is 5.96. The van der Waals surface area contributed by atoms with Gasteiger partial charge in [0.1, 0.15) is 5.75 Å². The lowest BCUT2D eigenvalue weighted by atomic mass is 10.2. The van der Waals surface area contributed by atoms with Gasteiger partial charge >= 0.3 is 18.6 Å². The van der Waals surface area contributed by atoms with E-state index in [-0.39, 0.29) is 11.5 Å². The molecule has 2 N–H and O–H groups in total. The molecule has 0 unspecified atom stereocenters. The largest absolute Gasteiger partial charge is 0.497 e. The summed E-state index contributed by atoms with van der Waals surface area (Å²) >= 11 is 0. The zero-order chi connectivity index (χ0) is 23.5. The van der Waals surface area contributed by atoms with Gasteiger partial charge in [0.2, 0.25) is 0 Å². The molecule has 0 saturated heterocycles. The summed E-state index contributed by atoms with van der Waals surface area (Å²) in [6.07, 6.45) is 2.35. The first-order valence-corrected chi connectivity index (χ1v) is 9.03. The van der Waals surface area contributed by atoms with Crippen LogP contribution in [0.1, 0.15) is 5.56 Å². The molecule has 0 aliphatic carbocycles. The molecule has 9 nitrogen and oxygen atoms in total. The molecule has 2 aromatic carbocycles. The number of imide groups is 1. The third-order valence-electron chi connectivity index (χ3n) is 3.76. The number of carbonyl (C=O) groups excluding carboxylic acids is 3. The minimum absolute atomic E-state index is 0.0445. The Bertz CT molecular complexity index is 979. The van der Waals surface area contributed by atoms with Crippen LogP contribution in [0.3, 0.4) is 0 Å². The number of esters is 1. The molecular weight excluding hydrogens is 430 g/mol. The zero-order valence-electron chi connectivity index (χ0n) is 17.1. The van der Waals surface area contributed by atoms with Gasteiger partial charge in [0.15, 0.2) is 18.1 Å². The summed E-state index contributed by atoms with van der Waals surface area (Å²) in [7, 11) is 2.78. The number of amides is 3. The molecule has 0 aliphatic rings. The highest BCUT2D eigenvalue weighted by atomic mass is 19.3. The monoisotopic (exact) mass is 450 g/mol. The van der Waals surface area contributed by atoms with E-state index in [9.17, 15) is 23.2 Å². The highest BCUT2D eigenvalue weighted by Gasteiger charge is 2.12. The van der Waals surface area contributed by atoms with Gasteiger partial charge in [-0.3, -0.25) is 10.1 Å². The number of alkyl halides is 2. The van der Waals surface area contributed by atoms with Crippen LogP contribution in [0.15, 0.2) is 48.5 Å². The fourth-order valence-electron chi connectivity index (χ4n) is 2.33. The highest BCUT2D eigenvalue weighted by Crippen LogP contribution is 2.29. The van der Waals surface area contributed by atoms with Crippen molar-refractivity contribution in [1.82, 2.24) is 5.32 Å². The van der Waals surface area contributed by atoms with E-state index in [1.165, 1.54) is 38.5 Å². The molecule has 170 valence electrons. The van der Waals surface area contributed by atoms with Crippen LogP contribution in [0.25, 0.3) is 6.08 Å². The molecule has 2 rings (SSSR count). The molecular formula is C21H20F2N2O7. The van der Waals surface area contributed by atoms with Crippen LogP contribution in [0.2, 0.25) is 0 Å². The quantitative estimate of drug-likeness (QED) is 0.446. The molecule has 11 heteroatoms. The third-order valence-corrected chi connectivity index (χ3v) is 3.76. The van der Waals surface area contributed by atoms with Crippen LogP contribution in [0.5, 0.6) is 17.2 Å². The molecule has 0 aromatic heterocycles. The maximum Gasteiger partial charge on any atom is 0.387 e. The molecule has 0 bridgehead atoms. The van der Waals surface area contributed by atoms with E-state index in [2.05, 4.69) is 10.1 Å². The minimum atomic E-state index is -3.01. The summed E-state index contributed by atoms with van der Waals surface area (Å²) in [6, 6.07) is 9.65. The van der Waals surface area contributed by atoms with Crippen LogP contribution < -0.4 is 24.8 Å². The first-order chi connectivity index (χ1) is 15.3. The first-order valence-electron chi connectivity index (χ1n) is 9.03. The Balaban J connectivity index is 1.80. The van der Waals surface area contributed by atoms with Crippen LogP contribution in [0, 0.1) is 0 Å². The number of methoxy groups -OCH3 is 2. The molecule has 3 amide bonds. The van der Waals surface area contributed by atoms with E-state index in [1.54, 1.807) is 24.3 Å². The molecule has 0 radical (unpaired) electrons. The van der Waals surface area contributed by atoms with Crippen LogP contribution >= 0.6 is 0 Å². The number of ether oxygens (including phenoxy) is 4. The molecule has 2 aromatic rings. The number of nitrogens with one attached hydrogen (secondary N) is 2. The minimum Gasteiger partial charge on any atom is -0.497 e. The molecule has 0 heterocycles. The molecule has 0 aliphatic heterocycles. The Morgan fingerprint density at radius 2 is 1.72 bits per heavy atom. The number of hydrogen-bond donors (Lipinski definition) is 2. The summed E-state index contributed by atoms with van der Waals surface area (Å²) in [5.41, 5.74) is 0.861. The Kier molecular flexibility index (Phi) is 8.96. The summed E-state index contributed by atoms with van der Waals surface area (Å²) in [5, 5.41) is 4.45. The van der Waals surface area contributed by atoms with Crippen molar-refractivity contribution in [2.75, 3.05) is 26.1 Å². The van der Waals surface area contributed by atoms with E-state index >= 15 is 0 Å². The SMILES string of the molecule is COc1ccc(NC(=O)NC(=O)COC(=O)/C=C/c2ccc(OC(F)F)c(OC)c2)cc1. The molecule has 32 heavy (non-hydrogen) atoms. The number of halogens is 2. The molecule has 0 spiro atoms. The maximum atomic E-state index is 12.3. The predicted octanol–water partition coefficient (Wildman–Crippen LogP) is 3.21. The van der Waals surface area contributed by atoms with Crippen LogP contribution in [0.4, 0.5) is 19.3 Å². The van der Waals surface area contributed by atoms with Crippen molar-refractivity contribution in [2.45, 2.75) is 6.61 Å². The maximum absolute atomic E-state index is 12.3. The number of hydrogen-bond acceptors (Lipinski definition) is 7. The lowest BCUT2D eigenvalue weighted by molar-refractivity contribution is -0.143. The number of carbonyl (C=O) groups is 3. The lowest BCUT2D eigenvalue weighted by Crippen LogP contribution is -2.37. The van der Waals surface area contributed by atoms with Crippen molar-refractivity contribution in [3.63, 3.8) is 0 Å². The van der Waals surface area contributed by atoms with Gasteiger partial charge in [-0.1, -0.05) is 6.07 Å². The van der Waals surface area contributed by atoms with Crippen molar-refractivity contribution < 1.29 is 42.1 Å². The van der Waals surface area contributed by atoms with E-state index < -0.39 is 31.1 Å². The summed E-state index contributed by atoms with van der Waals surface area (Å²) < 4.78 is 43.7. The Morgan fingerprint density at radius 1 is 1.00 bits per heavy atom. The summed E-state index contributed by atoms with van der Waals surface area (Å²) in [6.45, 7) is -3.70. The topological polar surface area (TPSA) is 112 Å². The number of rotatable bonds is 9. The zero-order valence-corrected chi connectivity index (χ0v) is 17.1. The average molecular weight is 450 g/mol. The Labute approximate surface area is 181 Å². The average Bonchev–Trinajstić information content (AvgIpc) is 2.77. The summed E-state index contributed by atoms with van der Waals surface area (Å²) in [4.78, 5) is 35.3. The second-order valence-electron chi connectivity index (χ2n) is 5.96. The predicted molar refractivity (Wildman–Crippen MR) is 110 cm³/mol. The van der Waals surface area contributed by atoms with Gasteiger partial charge in [0, 0.05) is 11.8 Å². The van der Waals surface area contributed by atoms with Crippen molar-refractivity contribution in [2.24, 2.45) is 0 Å². The fourth-order valence-corrected chi connectivity index (χ4v) is 2.33. The second kappa shape index (κ2) is 11.9. The first kappa shape index (κ1) is 24.1. The molecule has 0 atom stereocenters. The van der Waals surface area contributed by atoms with Gasteiger partial charge in [0.25, 0.3) is 5.91 Å². The fraction of sp³-hybridized carbons (Fsp3) is 0.190. The lowest BCUT2D eigenvalue weighted by Gasteiger charge is -2.10. The normalized spacial score (nSPS) is 10.5. The van der Waals surface area contributed by atoms with Gasteiger partial charge in [-0.05, 0) is 48.0 Å². The Morgan fingerprint density at radius 3 is 2.34 bits per heavy atom.